The van der Waals surface area contributed by atoms with Crippen molar-refractivity contribution >= 4 is 14.6 Å². The zero-order chi connectivity index (χ0) is 11.5. The van der Waals surface area contributed by atoms with Gasteiger partial charge in [0.1, 0.15) is 0 Å². The summed E-state index contributed by atoms with van der Waals surface area (Å²) in [5, 5.41) is 0. The Bertz CT molecular complexity index is 158. The minimum atomic E-state index is -0.0663. The molecule has 0 aromatic rings. The molecule has 1 atom stereocenters. The van der Waals surface area contributed by atoms with Gasteiger partial charge in [-0.15, -0.1) is 8.58 Å². The molecule has 0 saturated carbocycles. The highest BCUT2D eigenvalue weighted by Gasteiger charge is 2.06. The first-order valence-corrected chi connectivity index (χ1v) is 7.47. The Labute approximate surface area is 95.9 Å². The van der Waals surface area contributed by atoms with E-state index in [9.17, 15) is 4.79 Å². The van der Waals surface area contributed by atoms with Gasteiger partial charge in [-0.05, 0) is 31.6 Å². The third-order valence-corrected chi connectivity index (χ3v) is 3.58. The van der Waals surface area contributed by atoms with Crippen molar-refractivity contribution in [3.8, 4) is 0 Å². The Hall–Kier alpha value is -0.100. The fourth-order valence-electron chi connectivity index (χ4n) is 1.12. The van der Waals surface area contributed by atoms with Crippen molar-refractivity contribution < 1.29 is 9.53 Å². The molecule has 90 valence electrons. The van der Waals surface area contributed by atoms with E-state index in [2.05, 4.69) is 6.92 Å². The van der Waals surface area contributed by atoms with Crippen molar-refractivity contribution in [2.24, 2.45) is 5.92 Å². The Morgan fingerprint density at radius 3 is 2.47 bits per heavy atom. The van der Waals surface area contributed by atoms with Crippen LogP contribution in [0.2, 0.25) is 0 Å². The highest BCUT2D eigenvalue weighted by Crippen LogP contribution is 2.14. The van der Waals surface area contributed by atoms with E-state index >= 15 is 0 Å². The Balaban J connectivity index is 3.08. The molecule has 0 heterocycles. The molecule has 0 aromatic carbocycles. The van der Waals surface area contributed by atoms with Crippen LogP contribution in [0.5, 0.6) is 0 Å². The predicted octanol–water partition coefficient (Wildman–Crippen LogP) is 3.44. The fraction of sp³-hybridized carbons (Fsp3) is 0.917. The van der Waals surface area contributed by atoms with Crippen LogP contribution in [0, 0.1) is 5.92 Å². The molecule has 0 spiro atoms. The van der Waals surface area contributed by atoms with Gasteiger partial charge in [-0.1, -0.05) is 27.2 Å². The first-order valence-electron chi connectivity index (χ1n) is 6.05. The van der Waals surface area contributed by atoms with E-state index in [1.165, 1.54) is 31.6 Å². The first-order chi connectivity index (χ1) is 7.18. The fourth-order valence-corrected chi connectivity index (χ4v) is 2.47. The zero-order valence-electron chi connectivity index (χ0n) is 10.3. The van der Waals surface area contributed by atoms with Gasteiger partial charge < -0.3 is 4.74 Å². The maximum atomic E-state index is 11.1. The van der Waals surface area contributed by atoms with Gasteiger partial charge in [0, 0.05) is 0 Å². The molecule has 0 rings (SSSR count). The van der Waals surface area contributed by atoms with Crippen LogP contribution in [0.1, 0.15) is 46.5 Å². The average Bonchev–Trinajstić information content (AvgIpc) is 2.21. The van der Waals surface area contributed by atoms with E-state index in [0.29, 0.717) is 6.61 Å². The lowest BCUT2D eigenvalue weighted by atomic mass is 10.2. The third kappa shape index (κ3) is 10.2. The van der Waals surface area contributed by atoms with Crippen LogP contribution < -0.4 is 0 Å². The van der Waals surface area contributed by atoms with Crippen LogP contribution in [0.15, 0.2) is 0 Å². The predicted molar refractivity (Wildman–Crippen MR) is 68.0 cm³/mol. The number of unbranched alkanes of at least 4 members (excludes halogenated alkanes) is 2. The Kier molecular flexibility index (Phi) is 10.3. The molecule has 0 N–H and O–H groups in total. The van der Waals surface area contributed by atoms with Gasteiger partial charge in [0.25, 0.3) is 0 Å². The van der Waals surface area contributed by atoms with Gasteiger partial charge in [-0.3, -0.25) is 4.79 Å². The topological polar surface area (TPSA) is 26.3 Å². The number of ether oxygens (including phenoxy) is 1. The molecule has 3 heteroatoms. The summed E-state index contributed by atoms with van der Waals surface area (Å²) in [6.07, 6.45) is 7.58. The summed E-state index contributed by atoms with van der Waals surface area (Å²) >= 11 is 0. The van der Waals surface area contributed by atoms with Crippen LogP contribution in [-0.4, -0.2) is 24.9 Å². The number of hydrogen-bond acceptors (Lipinski definition) is 2. The lowest BCUT2D eigenvalue weighted by Crippen LogP contribution is -2.12. The van der Waals surface area contributed by atoms with Gasteiger partial charge in [0.15, 0.2) is 0 Å². The van der Waals surface area contributed by atoms with E-state index in [4.69, 9.17) is 4.74 Å². The van der Waals surface area contributed by atoms with E-state index in [-0.39, 0.29) is 11.9 Å². The summed E-state index contributed by atoms with van der Waals surface area (Å²) in [5.74, 6) is -0.0557. The largest absolute Gasteiger partial charge is 0.465 e. The number of hydrogen-bond donors (Lipinski definition) is 0. The Morgan fingerprint density at radius 2 is 1.87 bits per heavy atom. The summed E-state index contributed by atoms with van der Waals surface area (Å²) in [5.41, 5.74) is 0. The van der Waals surface area contributed by atoms with Gasteiger partial charge in [0.05, 0.1) is 12.5 Å². The summed E-state index contributed by atoms with van der Waals surface area (Å²) in [7, 11) is 1.10. The molecule has 0 aliphatic heterocycles. The van der Waals surface area contributed by atoms with Gasteiger partial charge in [0.2, 0.25) is 0 Å². The van der Waals surface area contributed by atoms with Crippen molar-refractivity contribution in [2.75, 3.05) is 18.9 Å². The molecule has 0 aliphatic rings. The maximum Gasteiger partial charge on any atom is 0.308 e. The lowest BCUT2D eigenvalue weighted by molar-refractivity contribution is -0.147. The monoisotopic (exact) mass is 232 g/mol. The molecule has 0 amide bonds. The van der Waals surface area contributed by atoms with E-state index in [1.807, 2.05) is 13.8 Å². The number of esters is 1. The second kappa shape index (κ2) is 10.4. The van der Waals surface area contributed by atoms with E-state index in [0.717, 1.165) is 15.0 Å². The van der Waals surface area contributed by atoms with Crippen LogP contribution in [0.25, 0.3) is 0 Å². The van der Waals surface area contributed by atoms with Crippen LogP contribution >= 0.6 is 8.58 Å². The average molecular weight is 232 g/mol. The van der Waals surface area contributed by atoms with E-state index < -0.39 is 0 Å². The molecule has 0 fully saturated rings. The summed E-state index contributed by atoms with van der Waals surface area (Å²) < 4.78 is 5.10. The zero-order valence-corrected chi connectivity index (χ0v) is 11.3. The van der Waals surface area contributed by atoms with Gasteiger partial charge in [-0.25, -0.2) is 0 Å². The molecule has 2 nitrogen and oxygen atoms in total. The normalized spacial score (nSPS) is 11.5. The molecule has 1 unspecified atom stereocenters. The molecule has 0 aromatic heterocycles. The van der Waals surface area contributed by atoms with Crippen LogP contribution in [0.3, 0.4) is 0 Å². The lowest BCUT2D eigenvalue weighted by Gasteiger charge is -2.06. The summed E-state index contributed by atoms with van der Waals surface area (Å²) in [4.78, 5) is 11.1. The second-order valence-corrected chi connectivity index (χ2v) is 5.63. The SMILES string of the molecule is CCCCPCCCCOC(=O)C(C)C. The third-order valence-electron chi connectivity index (χ3n) is 2.17. The highest BCUT2D eigenvalue weighted by atomic mass is 31.1. The van der Waals surface area contributed by atoms with Crippen molar-refractivity contribution in [1.29, 1.82) is 0 Å². The molecular formula is C12H25O2P. The Morgan fingerprint density at radius 1 is 1.20 bits per heavy atom. The number of rotatable bonds is 9. The summed E-state index contributed by atoms with van der Waals surface area (Å²) in [6, 6.07) is 0. The van der Waals surface area contributed by atoms with Gasteiger partial charge in [-0.2, -0.15) is 0 Å². The van der Waals surface area contributed by atoms with Gasteiger partial charge >= 0.3 is 5.97 Å². The second-order valence-electron chi connectivity index (χ2n) is 4.13. The van der Waals surface area contributed by atoms with Crippen molar-refractivity contribution in [1.82, 2.24) is 0 Å². The molecule has 15 heavy (non-hydrogen) atoms. The van der Waals surface area contributed by atoms with Crippen molar-refractivity contribution in [3.63, 3.8) is 0 Å². The van der Waals surface area contributed by atoms with Crippen molar-refractivity contribution in [2.45, 2.75) is 46.5 Å². The molecular weight excluding hydrogens is 207 g/mol. The number of carbonyl (C=O) groups is 1. The van der Waals surface area contributed by atoms with Crippen LogP contribution in [0.4, 0.5) is 0 Å². The molecule has 0 saturated heterocycles. The molecule has 0 bridgehead atoms. The quantitative estimate of drug-likeness (QED) is 0.346. The summed E-state index contributed by atoms with van der Waals surface area (Å²) in [6.45, 7) is 6.58. The first kappa shape index (κ1) is 14.9. The standard InChI is InChI=1S/C12H25O2P/c1-4-5-9-15-10-7-6-8-14-12(13)11(2)3/h11,15H,4-10H2,1-3H3. The highest BCUT2D eigenvalue weighted by molar-refractivity contribution is 7.37. The molecule has 0 radical (unpaired) electrons. The number of carbonyl (C=O) groups excluding carboxylic acids is 1. The molecule has 0 aliphatic carbocycles. The smallest absolute Gasteiger partial charge is 0.308 e. The van der Waals surface area contributed by atoms with Crippen LogP contribution in [-0.2, 0) is 9.53 Å². The minimum Gasteiger partial charge on any atom is -0.465 e. The minimum absolute atomic E-state index is 0.0106. The maximum absolute atomic E-state index is 11.1. The van der Waals surface area contributed by atoms with E-state index in [1.54, 1.807) is 0 Å². The van der Waals surface area contributed by atoms with Crippen molar-refractivity contribution in [3.05, 3.63) is 0 Å².